The lowest BCUT2D eigenvalue weighted by Crippen LogP contribution is -2.33. The molecule has 1 aliphatic heterocycles. The van der Waals surface area contributed by atoms with Crippen LogP contribution in [-0.4, -0.2) is 45.2 Å². The zero-order valence-corrected chi connectivity index (χ0v) is 14.5. The molecule has 0 bridgehead atoms. The van der Waals surface area contributed by atoms with Crippen molar-refractivity contribution in [3.8, 4) is 0 Å². The monoisotopic (exact) mass is 327 g/mol. The van der Waals surface area contributed by atoms with E-state index in [1.165, 1.54) is 0 Å². The molecule has 24 heavy (non-hydrogen) atoms. The van der Waals surface area contributed by atoms with Crippen LogP contribution in [0.25, 0.3) is 0 Å². The zero-order valence-electron chi connectivity index (χ0n) is 14.5. The topological polar surface area (TPSA) is 18.5 Å². The summed E-state index contributed by atoms with van der Waals surface area (Å²) in [5.41, 5.74) is 3.06. The molecule has 1 saturated heterocycles. The molecule has 1 N–H and O–H groups in total. The number of rotatable bonds is 4. The van der Waals surface area contributed by atoms with Crippen LogP contribution in [0.1, 0.15) is 23.6 Å². The molecule has 1 heterocycles. The second kappa shape index (κ2) is 7.77. The molecule has 3 nitrogen and oxygen atoms in total. The Hall–Kier alpha value is -1.91. The van der Waals surface area contributed by atoms with Crippen LogP contribution in [0.5, 0.6) is 0 Å². The van der Waals surface area contributed by atoms with Gasteiger partial charge in [0, 0.05) is 45.0 Å². The van der Waals surface area contributed by atoms with Gasteiger partial charge in [0.25, 0.3) is 0 Å². The minimum Gasteiger partial charge on any atom is -0.378 e. The molecule has 1 atom stereocenters. The van der Waals surface area contributed by atoms with Gasteiger partial charge in [-0.3, -0.25) is 4.90 Å². The first-order valence-electron chi connectivity index (χ1n) is 8.63. The van der Waals surface area contributed by atoms with Crippen molar-refractivity contribution in [3.05, 3.63) is 65.5 Å². The van der Waals surface area contributed by atoms with E-state index in [1.807, 2.05) is 26.2 Å². The Morgan fingerprint density at radius 3 is 2.46 bits per heavy atom. The second-order valence-corrected chi connectivity index (χ2v) is 6.55. The number of nitrogens with one attached hydrogen (secondary N) is 1. The Balaban J connectivity index is 1.99. The standard InChI is InChI=1S/C20H26FN3/c1-23(2)17-10-8-16(9-11-17)20(18-6-3-4-7-19(18)21)24-14-5-12-22-13-15-24/h3-4,6-11,20,22H,5,12-15H2,1-2H3. The lowest BCUT2D eigenvalue weighted by atomic mass is 9.96. The van der Waals surface area contributed by atoms with Crippen molar-refractivity contribution in [1.29, 1.82) is 0 Å². The molecular formula is C20H26FN3. The molecule has 2 aromatic carbocycles. The maximum atomic E-state index is 14.5. The predicted molar refractivity (Wildman–Crippen MR) is 98.1 cm³/mol. The first-order valence-corrected chi connectivity index (χ1v) is 8.63. The average molecular weight is 327 g/mol. The van der Waals surface area contributed by atoms with Crippen LogP contribution in [0.4, 0.5) is 10.1 Å². The third-order valence-electron chi connectivity index (χ3n) is 4.66. The van der Waals surface area contributed by atoms with Gasteiger partial charge in [0.1, 0.15) is 5.82 Å². The molecule has 128 valence electrons. The third-order valence-corrected chi connectivity index (χ3v) is 4.66. The van der Waals surface area contributed by atoms with Gasteiger partial charge in [-0.2, -0.15) is 0 Å². The van der Waals surface area contributed by atoms with Gasteiger partial charge in [-0.15, -0.1) is 0 Å². The number of halogens is 1. The van der Waals surface area contributed by atoms with Gasteiger partial charge in [-0.25, -0.2) is 4.39 Å². The summed E-state index contributed by atoms with van der Waals surface area (Å²) in [4.78, 5) is 4.47. The lowest BCUT2D eigenvalue weighted by molar-refractivity contribution is 0.237. The highest BCUT2D eigenvalue weighted by Crippen LogP contribution is 2.31. The van der Waals surface area contributed by atoms with E-state index in [1.54, 1.807) is 12.1 Å². The van der Waals surface area contributed by atoms with E-state index in [4.69, 9.17) is 0 Å². The van der Waals surface area contributed by atoms with Crippen molar-refractivity contribution in [2.75, 3.05) is 45.2 Å². The highest BCUT2D eigenvalue weighted by Gasteiger charge is 2.25. The minimum absolute atomic E-state index is 0.0395. The molecule has 0 aromatic heterocycles. The van der Waals surface area contributed by atoms with Crippen LogP contribution in [0.15, 0.2) is 48.5 Å². The summed E-state index contributed by atoms with van der Waals surface area (Å²) in [6.07, 6.45) is 1.08. The van der Waals surface area contributed by atoms with Crippen molar-refractivity contribution in [1.82, 2.24) is 10.2 Å². The van der Waals surface area contributed by atoms with E-state index in [2.05, 4.69) is 39.4 Å². The average Bonchev–Trinajstić information content (AvgIpc) is 2.87. The predicted octanol–water partition coefficient (Wildman–Crippen LogP) is 3.28. The number of hydrogen-bond donors (Lipinski definition) is 1. The summed E-state index contributed by atoms with van der Waals surface area (Å²) in [6.45, 7) is 3.87. The van der Waals surface area contributed by atoms with Gasteiger partial charge < -0.3 is 10.2 Å². The number of nitrogens with zero attached hydrogens (tertiary/aromatic N) is 2. The largest absolute Gasteiger partial charge is 0.378 e. The highest BCUT2D eigenvalue weighted by atomic mass is 19.1. The Labute approximate surface area is 144 Å². The molecule has 1 fully saturated rings. The maximum Gasteiger partial charge on any atom is 0.128 e. The lowest BCUT2D eigenvalue weighted by Gasteiger charge is -2.31. The Bertz CT molecular complexity index is 646. The first kappa shape index (κ1) is 16.9. The van der Waals surface area contributed by atoms with Crippen LogP contribution in [-0.2, 0) is 0 Å². The van der Waals surface area contributed by atoms with E-state index >= 15 is 0 Å². The van der Waals surface area contributed by atoms with Crippen LogP contribution in [0, 0.1) is 5.82 Å². The Morgan fingerprint density at radius 2 is 1.75 bits per heavy atom. The van der Waals surface area contributed by atoms with Gasteiger partial charge in [-0.1, -0.05) is 30.3 Å². The summed E-state index contributed by atoms with van der Waals surface area (Å²) < 4.78 is 14.5. The maximum absolute atomic E-state index is 14.5. The fourth-order valence-electron chi connectivity index (χ4n) is 3.36. The van der Waals surface area contributed by atoms with Gasteiger partial charge in [0.15, 0.2) is 0 Å². The second-order valence-electron chi connectivity index (χ2n) is 6.55. The molecule has 4 heteroatoms. The van der Waals surface area contributed by atoms with Crippen molar-refractivity contribution < 1.29 is 4.39 Å². The summed E-state index contributed by atoms with van der Waals surface area (Å²) in [5.74, 6) is -0.128. The van der Waals surface area contributed by atoms with Crippen molar-refractivity contribution >= 4 is 5.69 Å². The molecule has 0 aliphatic carbocycles. The summed E-state index contributed by atoms with van der Waals surface area (Å²) in [7, 11) is 4.06. The van der Waals surface area contributed by atoms with E-state index in [-0.39, 0.29) is 11.9 Å². The van der Waals surface area contributed by atoms with Crippen LogP contribution >= 0.6 is 0 Å². The van der Waals surface area contributed by atoms with Crippen LogP contribution in [0.2, 0.25) is 0 Å². The fourth-order valence-corrected chi connectivity index (χ4v) is 3.36. The van der Waals surface area contributed by atoms with Crippen LogP contribution < -0.4 is 10.2 Å². The van der Waals surface area contributed by atoms with Crippen molar-refractivity contribution in [2.24, 2.45) is 0 Å². The summed E-state index contributed by atoms with van der Waals surface area (Å²) in [6, 6.07) is 15.6. The molecule has 1 aliphatic rings. The normalized spacial score (nSPS) is 17.3. The quantitative estimate of drug-likeness (QED) is 0.930. The summed E-state index contributed by atoms with van der Waals surface area (Å²) >= 11 is 0. The van der Waals surface area contributed by atoms with E-state index in [0.29, 0.717) is 0 Å². The van der Waals surface area contributed by atoms with Crippen LogP contribution in [0.3, 0.4) is 0 Å². The summed E-state index contributed by atoms with van der Waals surface area (Å²) in [5, 5.41) is 3.43. The van der Waals surface area contributed by atoms with E-state index in [0.717, 1.165) is 49.4 Å². The highest BCUT2D eigenvalue weighted by molar-refractivity contribution is 5.47. The smallest absolute Gasteiger partial charge is 0.128 e. The molecular weight excluding hydrogens is 301 g/mol. The fraction of sp³-hybridized carbons (Fsp3) is 0.400. The molecule has 0 spiro atoms. The zero-order chi connectivity index (χ0) is 16.9. The van der Waals surface area contributed by atoms with E-state index in [9.17, 15) is 4.39 Å². The Morgan fingerprint density at radius 1 is 1.00 bits per heavy atom. The Kier molecular flexibility index (Phi) is 5.48. The first-order chi connectivity index (χ1) is 11.7. The van der Waals surface area contributed by atoms with Gasteiger partial charge in [0.05, 0.1) is 6.04 Å². The van der Waals surface area contributed by atoms with Gasteiger partial charge in [-0.05, 0) is 36.7 Å². The van der Waals surface area contributed by atoms with E-state index < -0.39 is 0 Å². The molecule has 0 saturated carbocycles. The molecule has 0 amide bonds. The molecule has 0 radical (unpaired) electrons. The number of benzene rings is 2. The molecule has 3 rings (SSSR count). The number of hydrogen-bond acceptors (Lipinski definition) is 3. The minimum atomic E-state index is -0.128. The van der Waals surface area contributed by atoms with Gasteiger partial charge >= 0.3 is 0 Å². The molecule has 2 aromatic rings. The van der Waals surface area contributed by atoms with Gasteiger partial charge in [0.2, 0.25) is 0 Å². The number of anilines is 1. The van der Waals surface area contributed by atoms with Crippen molar-refractivity contribution in [3.63, 3.8) is 0 Å². The van der Waals surface area contributed by atoms with Crippen molar-refractivity contribution in [2.45, 2.75) is 12.5 Å². The third kappa shape index (κ3) is 3.77. The SMILES string of the molecule is CN(C)c1ccc(C(c2ccccc2F)N2CCCNCC2)cc1. The molecule has 1 unspecified atom stereocenters.